The number of anilines is 1. The van der Waals surface area contributed by atoms with Gasteiger partial charge in [0.2, 0.25) is 5.91 Å². The number of carbonyl (C=O) groups is 1. The lowest BCUT2D eigenvalue weighted by Gasteiger charge is -2.12. The fourth-order valence-electron chi connectivity index (χ4n) is 1.99. The molecule has 2 rings (SSSR count). The van der Waals surface area contributed by atoms with Crippen LogP contribution in [0.3, 0.4) is 0 Å². The third-order valence-corrected chi connectivity index (χ3v) is 3.35. The van der Waals surface area contributed by atoms with E-state index in [9.17, 15) is 4.79 Å². The second kappa shape index (κ2) is 9.17. The lowest BCUT2D eigenvalue weighted by molar-refractivity contribution is -0.117. The fourth-order valence-corrected chi connectivity index (χ4v) is 1.99. The van der Waals surface area contributed by atoms with Gasteiger partial charge in [0.25, 0.3) is 0 Å². The molecule has 2 aromatic rings. The predicted molar refractivity (Wildman–Crippen MR) is 92.7 cm³/mol. The summed E-state index contributed by atoms with van der Waals surface area (Å²) >= 11 is 0. The number of benzene rings is 1. The van der Waals surface area contributed by atoms with E-state index in [0.29, 0.717) is 18.7 Å². The first-order valence-electron chi connectivity index (χ1n) is 7.35. The molecule has 1 atom stereocenters. The van der Waals surface area contributed by atoms with E-state index in [-0.39, 0.29) is 18.3 Å². The Morgan fingerprint density at radius 2 is 2.09 bits per heavy atom. The molecule has 0 aliphatic heterocycles. The van der Waals surface area contributed by atoms with Gasteiger partial charge in [0.15, 0.2) is 0 Å². The summed E-state index contributed by atoms with van der Waals surface area (Å²) < 4.78 is 7.56. The molecule has 1 aromatic heterocycles. The fraction of sp³-hybridized carbons (Fsp3) is 0.375. The molecule has 126 valence electrons. The summed E-state index contributed by atoms with van der Waals surface area (Å²) in [6.45, 7) is 2.40. The van der Waals surface area contributed by atoms with Crippen LogP contribution in [0.4, 0.5) is 5.69 Å². The van der Waals surface area contributed by atoms with Gasteiger partial charge in [-0.25, -0.2) is 4.98 Å². The Bertz CT molecular complexity index is 613. The topological polar surface area (TPSA) is 82.2 Å². The van der Waals surface area contributed by atoms with E-state index in [0.717, 1.165) is 18.0 Å². The quantitative estimate of drug-likeness (QED) is 0.812. The smallest absolute Gasteiger partial charge is 0.241 e. The van der Waals surface area contributed by atoms with Crippen molar-refractivity contribution in [2.24, 2.45) is 12.8 Å². The largest absolute Gasteiger partial charge is 0.486 e. The molecule has 7 heteroatoms. The SMILES string of the molecule is CCCC(N)C(=O)Nc1ccc(OCc2nccn2C)cc1.Cl. The number of aromatic nitrogens is 2. The second-order valence-corrected chi connectivity index (χ2v) is 5.15. The number of nitrogens with two attached hydrogens (primary N) is 1. The van der Waals surface area contributed by atoms with Gasteiger partial charge in [0.05, 0.1) is 6.04 Å². The molecule has 6 nitrogen and oxygen atoms in total. The van der Waals surface area contributed by atoms with Gasteiger partial charge in [0, 0.05) is 25.1 Å². The van der Waals surface area contributed by atoms with Crippen molar-refractivity contribution in [1.82, 2.24) is 9.55 Å². The normalized spacial score (nSPS) is 11.4. The molecule has 0 aliphatic carbocycles. The zero-order valence-electron chi connectivity index (χ0n) is 13.4. The number of nitrogens with zero attached hydrogens (tertiary/aromatic N) is 2. The van der Waals surface area contributed by atoms with Gasteiger partial charge >= 0.3 is 0 Å². The van der Waals surface area contributed by atoms with Crippen molar-refractivity contribution in [3.8, 4) is 5.75 Å². The maximum atomic E-state index is 11.8. The predicted octanol–water partition coefficient (Wildman–Crippen LogP) is 2.49. The van der Waals surface area contributed by atoms with Crippen LogP contribution in [0.5, 0.6) is 5.75 Å². The first kappa shape index (κ1) is 19.0. The highest BCUT2D eigenvalue weighted by Gasteiger charge is 2.12. The van der Waals surface area contributed by atoms with Crippen LogP contribution in [0.25, 0.3) is 0 Å². The average molecular weight is 339 g/mol. The molecule has 0 radical (unpaired) electrons. The van der Waals surface area contributed by atoms with Crippen LogP contribution in [0, 0.1) is 0 Å². The van der Waals surface area contributed by atoms with Gasteiger partial charge in [0.1, 0.15) is 18.2 Å². The van der Waals surface area contributed by atoms with Gasteiger partial charge in [-0.2, -0.15) is 0 Å². The van der Waals surface area contributed by atoms with Crippen molar-refractivity contribution in [3.05, 3.63) is 42.5 Å². The zero-order valence-corrected chi connectivity index (χ0v) is 14.2. The van der Waals surface area contributed by atoms with Gasteiger partial charge < -0.3 is 20.4 Å². The van der Waals surface area contributed by atoms with E-state index in [2.05, 4.69) is 10.3 Å². The van der Waals surface area contributed by atoms with Crippen molar-refractivity contribution < 1.29 is 9.53 Å². The van der Waals surface area contributed by atoms with E-state index < -0.39 is 6.04 Å². The molecule has 1 unspecified atom stereocenters. The van der Waals surface area contributed by atoms with Crippen LogP contribution in [0.2, 0.25) is 0 Å². The molecule has 0 fully saturated rings. The summed E-state index contributed by atoms with van der Waals surface area (Å²) in [6.07, 6.45) is 5.17. The minimum Gasteiger partial charge on any atom is -0.486 e. The van der Waals surface area contributed by atoms with Gasteiger partial charge in [-0.1, -0.05) is 13.3 Å². The van der Waals surface area contributed by atoms with E-state index in [1.54, 1.807) is 18.3 Å². The summed E-state index contributed by atoms with van der Waals surface area (Å²) in [6, 6.07) is 6.74. The lowest BCUT2D eigenvalue weighted by atomic mass is 10.1. The van der Waals surface area contributed by atoms with Crippen LogP contribution in [-0.2, 0) is 18.4 Å². The van der Waals surface area contributed by atoms with Gasteiger partial charge in [-0.05, 0) is 30.7 Å². The van der Waals surface area contributed by atoms with Crippen LogP contribution in [-0.4, -0.2) is 21.5 Å². The molecule has 1 aromatic carbocycles. The Hall–Kier alpha value is -2.05. The number of rotatable bonds is 7. The number of aryl methyl sites for hydroxylation is 1. The summed E-state index contributed by atoms with van der Waals surface area (Å²) in [5.41, 5.74) is 6.48. The number of ether oxygens (including phenoxy) is 1. The Morgan fingerprint density at radius 1 is 1.39 bits per heavy atom. The number of carbonyl (C=O) groups excluding carboxylic acids is 1. The molecular formula is C16H23ClN4O2. The van der Waals surface area contributed by atoms with E-state index in [1.165, 1.54) is 0 Å². The van der Waals surface area contributed by atoms with Crippen molar-refractivity contribution in [1.29, 1.82) is 0 Å². The molecule has 0 saturated carbocycles. The Kier molecular flexibility index (Phi) is 7.57. The molecule has 3 N–H and O–H groups in total. The summed E-state index contributed by atoms with van der Waals surface area (Å²) in [5, 5.41) is 2.80. The molecular weight excluding hydrogens is 316 g/mol. The van der Waals surface area contributed by atoms with Crippen LogP contribution in [0.15, 0.2) is 36.7 Å². The van der Waals surface area contributed by atoms with Crippen molar-refractivity contribution >= 4 is 24.0 Å². The summed E-state index contributed by atoms with van der Waals surface area (Å²) in [7, 11) is 1.92. The number of hydrogen-bond acceptors (Lipinski definition) is 4. The maximum Gasteiger partial charge on any atom is 0.241 e. The highest BCUT2D eigenvalue weighted by atomic mass is 35.5. The van der Waals surface area contributed by atoms with E-state index in [1.807, 2.05) is 36.9 Å². The summed E-state index contributed by atoms with van der Waals surface area (Å²) in [5.74, 6) is 1.41. The maximum absolute atomic E-state index is 11.8. The Balaban J connectivity index is 0.00000264. The molecule has 0 spiro atoms. The van der Waals surface area contributed by atoms with Crippen LogP contribution < -0.4 is 15.8 Å². The third kappa shape index (κ3) is 5.58. The Labute approximate surface area is 142 Å². The van der Waals surface area contributed by atoms with Crippen LogP contribution >= 0.6 is 12.4 Å². The number of amides is 1. The monoisotopic (exact) mass is 338 g/mol. The third-order valence-electron chi connectivity index (χ3n) is 3.35. The highest BCUT2D eigenvalue weighted by molar-refractivity contribution is 5.94. The molecule has 23 heavy (non-hydrogen) atoms. The van der Waals surface area contributed by atoms with Crippen molar-refractivity contribution in [2.75, 3.05) is 5.32 Å². The average Bonchev–Trinajstić information content (AvgIpc) is 2.92. The van der Waals surface area contributed by atoms with Crippen molar-refractivity contribution in [3.63, 3.8) is 0 Å². The number of nitrogens with one attached hydrogen (secondary N) is 1. The van der Waals surface area contributed by atoms with Gasteiger partial charge in [-0.15, -0.1) is 12.4 Å². The number of imidazole rings is 1. The molecule has 0 saturated heterocycles. The Morgan fingerprint density at radius 3 is 2.65 bits per heavy atom. The van der Waals surface area contributed by atoms with E-state index in [4.69, 9.17) is 10.5 Å². The minimum absolute atomic E-state index is 0. The standard InChI is InChI=1S/C16H22N4O2.ClH/c1-3-4-14(17)16(21)19-12-5-7-13(8-6-12)22-11-15-18-9-10-20(15)2;/h5-10,14H,3-4,11,17H2,1-2H3,(H,19,21);1H. The molecule has 0 bridgehead atoms. The first-order valence-corrected chi connectivity index (χ1v) is 7.35. The van der Waals surface area contributed by atoms with Gasteiger partial charge in [-0.3, -0.25) is 4.79 Å². The molecule has 1 heterocycles. The minimum atomic E-state index is -0.468. The highest BCUT2D eigenvalue weighted by Crippen LogP contribution is 2.17. The number of hydrogen-bond donors (Lipinski definition) is 2. The first-order chi connectivity index (χ1) is 10.6. The van der Waals surface area contributed by atoms with Crippen LogP contribution in [0.1, 0.15) is 25.6 Å². The zero-order chi connectivity index (χ0) is 15.9. The summed E-state index contributed by atoms with van der Waals surface area (Å²) in [4.78, 5) is 16.0. The van der Waals surface area contributed by atoms with E-state index >= 15 is 0 Å². The molecule has 1 amide bonds. The molecule has 0 aliphatic rings. The lowest BCUT2D eigenvalue weighted by Crippen LogP contribution is -2.35. The second-order valence-electron chi connectivity index (χ2n) is 5.15. The number of halogens is 1. The van der Waals surface area contributed by atoms with Crippen molar-refractivity contribution in [2.45, 2.75) is 32.4 Å².